The zero-order chi connectivity index (χ0) is 15.5. The van der Waals surface area contributed by atoms with Gasteiger partial charge < -0.3 is 4.90 Å². The number of hydrogen-bond donors (Lipinski definition) is 1. The SMILES string of the molecule is Cl.O=C(C1CC(F)(F)CN1)N1CC2(CCC2)c2c(F)cccc21. The van der Waals surface area contributed by atoms with Crippen molar-refractivity contribution in [3.05, 3.63) is 29.6 Å². The largest absolute Gasteiger partial charge is 0.310 e. The highest BCUT2D eigenvalue weighted by molar-refractivity contribution is 6.00. The molecular weight excluding hydrogens is 329 g/mol. The van der Waals surface area contributed by atoms with Gasteiger partial charge in [0.25, 0.3) is 5.92 Å². The molecule has 1 N–H and O–H groups in total. The summed E-state index contributed by atoms with van der Waals surface area (Å²) in [5, 5.41) is 2.60. The zero-order valence-corrected chi connectivity index (χ0v) is 13.3. The molecule has 1 aliphatic carbocycles. The molecule has 4 rings (SSSR count). The fraction of sp³-hybridized carbons (Fsp3) is 0.562. The number of anilines is 1. The van der Waals surface area contributed by atoms with Crippen molar-refractivity contribution in [2.45, 2.75) is 43.1 Å². The molecule has 0 bridgehead atoms. The number of rotatable bonds is 1. The first-order valence-electron chi connectivity index (χ1n) is 7.64. The number of nitrogens with one attached hydrogen (secondary N) is 1. The molecule has 2 aliphatic heterocycles. The van der Waals surface area contributed by atoms with E-state index in [2.05, 4.69) is 5.32 Å². The van der Waals surface area contributed by atoms with E-state index < -0.39 is 24.9 Å². The summed E-state index contributed by atoms with van der Waals surface area (Å²) in [6.45, 7) is -0.0652. The molecule has 126 valence electrons. The Labute approximate surface area is 138 Å². The molecular formula is C16H18ClF3N2O. The van der Waals surface area contributed by atoms with Crippen LogP contribution in [0.5, 0.6) is 0 Å². The Hall–Kier alpha value is -1.27. The second-order valence-corrected chi connectivity index (χ2v) is 6.69. The second-order valence-electron chi connectivity index (χ2n) is 6.69. The quantitative estimate of drug-likeness (QED) is 0.847. The smallest absolute Gasteiger partial charge is 0.262 e. The number of nitrogens with zero attached hydrogens (tertiary/aromatic N) is 1. The minimum absolute atomic E-state index is 0. The molecule has 1 saturated heterocycles. The standard InChI is InChI=1S/C16H17F3N2O.ClH/c17-10-3-1-4-12-13(10)15(5-2-6-15)9-21(12)14(22)11-7-16(18,19)8-20-11;/h1,3-4,11,20H,2,5-9H2;1H. The lowest BCUT2D eigenvalue weighted by molar-refractivity contribution is -0.121. The molecule has 2 heterocycles. The van der Waals surface area contributed by atoms with Crippen molar-refractivity contribution >= 4 is 24.0 Å². The third kappa shape index (κ3) is 2.43. The Morgan fingerprint density at radius 2 is 2.04 bits per heavy atom. The Bertz CT molecular complexity index is 648. The Balaban J connectivity index is 0.00000156. The van der Waals surface area contributed by atoms with Crippen LogP contribution in [0, 0.1) is 5.82 Å². The fourth-order valence-electron chi connectivity index (χ4n) is 4.02. The van der Waals surface area contributed by atoms with Crippen LogP contribution in [0.3, 0.4) is 0 Å². The Morgan fingerprint density at radius 3 is 2.61 bits per heavy atom. The maximum Gasteiger partial charge on any atom is 0.262 e. The van der Waals surface area contributed by atoms with Crippen molar-refractivity contribution in [3.8, 4) is 0 Å². The second kappa shape index (κ2) is 5.38. The van der Waals surface area contributed by atoms with E-state index in [0.717, 1.165) is 19.3 Å². The molecule has 1 atom stereocenters. The summed E-state index contributed by atoms with van der Waals surface area (Å²) >= 11 is 0. The highest BCUT2D eigenvalue weighted by atomic mass is 35.5. The lowest BCUT2D eigenvalue weighted by Gasteiger charge is -2.39. The van der Waals surface area contributed by atoms with Crippen LogP contribution in [-0.4, -0.2) is 31.0 Å². The predicted octanol–water partition coefficient (Wildman–Crippen LogP) is 3.01. The minimum atomic E-state index is -2.85. The summed E-state index contributed by atoms with van der Waals surface area (Å²) in [5.74, 6) is -3.51. The third-order valence-corrected chi connectivity index (χ3v) is 5.26. The van der Waals surface area contributed by atoms with Gasteiger partial charge in [-0.2, -0.15) is 0 Å². The first-order valence-corrected chi connectivity index (χ1v) is 7.64. The topological polar surface area (TPSA) is 32.3 Å². The van der Waals surface area contributed by atoms with Crippen molar-refractivity contribution in [1.82, 2.24) is 5.32 Å². The maximum absolute atomic E-state index is 14.3. The normalized spacial score (nSPS) is 26.6. The van der Waals surface area contributed by atoms with Gasteiger partial charge in [-0.3, -0.25) is 10.1 Å². The van der Waals surface area contributed by atoms with Crippen LogP contribution in [0.25, 0.3) is 0 Å². The van der Waals surface area contributed by atoms with Gasteiger partial charge in [-0.15, -0.1) is 12.4 Å². The lowest BCUT2D eigenvalue weighted by atomic mass is 9.65. The van der Waals surface area contributed by atoms with Crippen molar-refractivity contribution in [2.75, 3.05) is 18.0 Å². The van der Waals surface area contributed by atoms with Crippen LogP contribution in [0.2, 0.25) is 0 Å². The number of benzene rings is 1. The molecule has 1 saturated carbocycles. The molecule has 7 heteroatoms. The molecule has 1 aromatic rings. The van der Waals surface area contributed by atoms with E-state index in [0.29, 0.717) is 17.8 Å². The molecule has 1 aromatic carbocycles. The van der Waals surface area contributed by atoms with Crippen LogP contribution in [0.15, 0.2) is 18.2 Å². The van der Waals surface area contributed by atoms with Gasteiger partial charge in [0.05, 0.1) is 18.3 Å². The molecule has 0 aromatic heterocycles. The summed E-state index contributed by atoms with van der Waals surface area (Å²) in [4.78, 5) is 14.2. The van der Waals surface area contributed by atoms with Crippen LogP contribution in [-0.2, 0) is 10.2 Å². The minimum Gasteiger partial charge on any atom is -0.310 e. The average Bonchev–Trinajstić information content (AvgIpc) is 2.96. The number of carbonyl (C=O) groups is 1. The number of hydrogen-bond acceptors (Lipinski definition) is 2. The first kappa shape index (κ1) is 16.6. The van der Waals surface area contributed by atoms with E-state index in [4.69, 9.17) is 0 Å². The van der Waals surface area contributed by atoms with Gasteiger partial charge in [0, 0.05) is 23.9 Å². The summed E-state index contributed by atoms with van der Waals surface area (Å²) in [5.41, 5.74) is 0.846. The lowest BCUT2D eigenvalue weighted by Crippen LogP contribution is -2.47. The van der Waals surface area contributed by atoms with Crippen molar-refractivity contribution in [3.63, 3.8) is 0 Å². The molecule has 23 heavy (non-hydrogen) atoms. The summed E-state index contributed by atoms with van der Waals surface area (Å²) in [7, 11) is 0. The van der Waals surface area contributed by atoms with Crippen LogP contribution >= 0.6 is 12.4 Å². The van der Waals surface area contributed by atoms with E-state index >= 15 is 0 Å². The summed E-state index contributed by atoms with van der Waals surface area (Å²) in [6, 6.07) is 3.81. The molecule has 1 unspecified atom stereocenters. The Kier molecular flexibility index (Phi) is 3.88. The number of carbonyl (C=O) groups excluding carboxylic acids is 1. The molecule has 0 radical (unpaired) electrons. The van der Waals surface area contributed by atoms with Gasteiger partial charge in [0.2, 0.25) is 5.91 Å². The Morgan fingerprint density at radius 1 is 1.30 bits per heavy atom. The summed E-state index contributed by atoms with van der Waals surface area (Å²) < 4.78 is 40.9. The molecule has 2 fully saturated rings. The monoisotopic (exact) mass is 346 g/mol. The highest BCUT2D eigenvalue weighted by Gasteiger charge is 2.52. The van der Waals surface area contributed by atoms with Crippen molar-refractivity contribution in [2.24, 2.45) is 0 Å². The maximum atomic E-state index is 14.3. The third-order valence-electron chi connectivity index (χ3n) is 5.26. The number of alkyl halides is 2. The molecule has 3 aliphatic rings. The van der Waals surface area contributed by atoms with Crippen LogP contribution < -0.4 is 10.2 Å². The van der Waals surface area contributed by atoms with E-state index in [9.17, 15) is 18.0 Å². The van der Waals surface area contributed by atoms with Crippen molar-refractivity contribution in [1.29, 1.82) is 0 Å². The van der Waals surface area contributed by atoms with Gasteiger partial charge in [-0.1, -0.05) is 12.5 Å². The van der Waals surface area contributed by atoms with Gasteiger partial charge >= 0.3 is 0 Å². The predicted molar refractivity (Wildman–Crippen MR) is 82.9 cm³/mol. The van der Waals surface area contributed by atoms with Gasteiger partial charge in [0.1, 0.15) is 5.82 Å². The fourth-order valence-corrected chi connectivity index (χ4v) is 4.02. The van der Waals surface area contributed by atoms with Crippen LogP contribution in [0.4, 0.5) is 18.9 Å². The van der Waals surface area contributed by atoms with Gasteiger partial charge in [0.15, 0.2) is 0 Å². The summed E-state index contributed by atoms with van der Waals surface area (Å²) in [6.07, 6.45) is 2.22. The van der Waals surface area contributed by atoms with E-state index in [1.807, 2.05) is 0 Å². The highest BCUT2D eigenvalue weighted by Crippen LogP contribution is 2.53. The number of halogens is 4. The number of fused-ring (bicyclic) bond motifs is 2. The van der Waals surface area contributed by atoms with Crippen LogP contribution in [0.1, 0.15) is 31.2 Å². The molecule has 1 amide bonds. The van der Waals surface area contributed by atoms with Gasteiger partial charge in [-0.25, -0.2) is 13.2 Å². The molecule has 1 spiro atoms. The van der Waals surface area contributed by atoms with Crippen molar-refractivity contribution < 1.29 is 18.0 Å². The number of amides is 1. The van der Waals surface area contributed by atoms with E-state index in [1.165, 1.54) is 11.0 Å². The first-order chi connectivity index (χ1) is 10.4. The van der Waals surface area contributed by atoms with Gasteiger partial charge in [-0.05, 0) is 25.0 Å². The van der Waals surface area contributed by atoms with E-state index in [-0.39, 0.29) is 29.5 Å². The zero-order valence-electron chi connectivity index (χ0n) is 12.4. The van der Waals surface area contributed by atoms with E-state index in [1.54, 1.807) is 12.1 Å². The average molecular weight is 347 g/mol. The molecule has 3 nitrogen and oxygen atoms in total.